The van der Waals surface area contributed by atoms with E-state index in [1.54, 1.807) is 0 Å². The second kappa shape index (κ2) is 7.61. The number of amides is 2. The third-order valence-electron chi connectivity index (χ3n) is 4.29. The highest BCUT2D eigenvalue weighted by atomic mass is 35.5. The SMILES string of the molecule is Cl.O=C(NC1CCNC1)c1cc(N2CCCC2=O)cc(C(F)(F)F)c1. The Morgan fingerprint density at radius 3 is 2.60 bits per heavy atom. The van der Waals surface area contributed by atoms with Gasteiger partial charge in [-0.25, -0.2) is 0 Å². The number of rotatable bonds is 3. The highest BCUT2D eigenvalue weighted by molar-refractivity contribution is 5.99. The van der Waals surface area contributed by atoms with Crippen molar-refractivity contribution in [2.75, 3.05) is 24.5 Å². The van der Waals surface area contributed by atoms with Gasteiger partial charge in [-0.2, -0.15) is 13.2 Å². The minimum Gasteiger partial charge on any atom is -0.348 e. The van der Waals surface area contributed by atoms with Crippen molar-refractivity contribution in [1.29, 1.82) is 0 Å². The van der Waals surface area contributed by atoms with Gasteiger partial charge in [0.1, 0.15) is 0 Å². The Bertz CT molecular complexity index is 661. The van der Waals surface area contributed by atoms with Crippen LogP contribution in [-0.4, -0.2) is 37.5 Å². The first-order valence-corrected chi connectivity index (χ1v) is 7.89. The zero-order valence-electron chi connectivity index (χ0n) is 13.4. The Morgan fingerprint density at radius 2 is 2.04 bits per heavy atom. The van der Waals surface area contributed by atoms with Gasteiger partial charge >= 0.3 is 6.18 Å². The van der Waals surface area contributed by atoms with E-state index in [-0.39, 0.29) is 35.6 Å². The molecule has 1 atom stereocenters. The van der Waals surface area contributed by atoms with Crippen molar-refractivity contribution in [3.05, 3.63) is 29.3 Å². The minimum atomic E-state index is -4.58. The van der Waals surface area contributed by atoms with E-state index in [4.69, 9.17) is 0 Å². The average Bonchev–Trinajstić information content (AvgIpc) is 3.17. The predicted molar refractivity (Wildman–Crippen MR) is 89.0 cm³/mol. The molecule has 25 heavy (non-hydrogen) atoms. The fourth-order valence-corrected chi connectivity index (χ4v) is 3.03. The van der Waals surface area contributed by atoms with Gasteiger partial charge in [-0.15, -0.1) is 12.4 Å². The summed E-state index contributed by atoms with van der Waals surface area (Å²) in [6, 6.07) is 3.03. The highest BCUT2D eigenvalue weighted by Crippen LogP contribution is 2.34. The minimum absolute atomic E-state index is 0. The van der Waals surface area contributed by atoms with E-state index in [2.05, 4.69) is 10.6 Å². The first kappa shape index (κ1) is 19.5. The van der Waals surface area contributed by atoms with Crippen LogP contribution >= 0.6 is 12.4 Å². The van der Waals surface area contributed by atoms with E-state index in [1.165, 1.54) is 11.0 Å². The summed E-state index contributed by atoms with van der Waals surface area (Å²) in [7, 11) is 0. The molecule has 138 valence electrons. The maximum absolute atomic E-state index is 13.2. The molecule has 2 aliphatic rings. The van der Waals surface area contributed by atoms with Crippen LogP contribution in [0.3, 0.4) is 0 Å². The number of halogens is 4. The normalized spacial score (nSPS) is 20.5. The molecule has 0 aromatic heterocycles. The lowest BCUT2D eigenvalue weighted by atomic mass is 10.1. The van der Waals surface area contributed by atoms with Gasteiger partial charge < -0.3 is 15.5 Å². The van der Waals surface area contributed by atoms with Crippen LogP contribution in [-0.2, 0) is 11.0 Å². The average molecular weight is 378 g/mol. The molecule has 0 radical (unpaired) electrons. The van der Waals surface area contributed by atoms with Gasteiger partial charge in [-0.05, 0) is 37.6 Å². The van der Waals surface area contributed by atoms with E-state index < -0.39 is 17.6 Å². The van der Waals surface area contributed by atoms with Gasteiger partial charge in [0.15, 0.2) is 0 Å². The van der Waals surface area contributed by atoms with E-state index in [0.29, 0.717) is 25.9 Å². The first-order chi connectivity index (χ1) is 11.3. The van der Waals surface area contributed by atoms with E-state index >= 15 is 0 Å². The number of anilines is 1. The summed E-state index contributed by atoms with van der Waals surface area (Å²) in [5, 5.41) is 5.81. The van der Waals surface area contributed by atoms with E-state index in [1.807, 2.05) is 0 Å². The van der Waals surface area contributed by atoms with E-state index in [9.17, 15) is 22.8 Å². The number of hydrogen-bond acceptors (Lipinski definition) is 3. The Labute approximate surface area is 149 Å². The summed E-state index contributed by atoms with van der Waals surface area (Å²) in [4.78, 5) is 25.5. The van der Waals surface area contributed by atoms with Crippen molar-refractivity contribution in [2.24, 2.45) is 0 Å². The van der Waals surface area contributed by atoms with Crippen molar-refractivity contribution in [3.8, 4) is 0 Å². The van der Waals surface area contributed by atoms with Gasteiger partial charge in [0.25, 0.3) is 5.91 Å². The molecule has 2 heterocycles. The maximum atomic E-state index is 13.2. The maximum Gasteiger partial charge on any atom is 0.416 e. The fraction of sp³-hybridized carbons (Fsp3) is 0.500. The zero-order chi connectivity index (χ0) is 17.3. The molecule has 3 rings (SSSR count). The van der Waals surface area contributed by atoms with Crippen LogP contribution in [0.25, 0.3) is 0 Å². The zero-order valence-corrected chi connectivity index (χ0v) is 14.2. The van der Waals surface area contributed by atoms with Gasteiger partial charge in [0.2, 0.25) is 5.91 Å². The lowest BCUT2D eigenvalue weighted by Crippen LogP contribution is -2.36. The molecule has 2 amide bonds. The van der Waals surface area contributed by atoms with Crippen LogP contribution in [0.15, 0.2) is 18.2 Å². The van der Waals surface area contributed by atoms with Crippen molar-refractivity contribution in [2.45, 2.75) is 31.5 Å². The summed E-state index contributed by atoms with van der Waals surface area (Å²) in [5.41, 5.74) is -0.872. The van der Waals surface area contributed by atoms with Crippen LogP contribution in [0.5, 0.6) is 0 Å². The number of benzene rings is 1. The quantitative estimate of drug-likeness (QED) is 0.850. The molecular formula is C16H19ClF3N3O2. The molecule has 0 aliphatic carbocycles. The number of alkyl halides is 3. The largest absolute Gasteiger partial charge is 0.416 e. The topological polar surface area (TPSA) is 61.4 Å². The van der Waals surface area contributed by atoms with Crippen molar-refractivity contribution < 1.29 is 22.8 Å². The molecule has 9 heteroatoms. The number of nitrogens with zero attached hydrogens (tertiary/aromatic N) is 1. The summed E-state index contributed by atoms with van der Waals surface area (Å²) in [6.45, 7) is 1.73. The van der Waals surface area contributed by atoms with Gasteiger partial charge in [-0.3, -0.25) is 9.59 Å². The molecular weight excluding hydrogens is 359 g/mol. The van der Waals surface area contributed by atoms with Crippen molar-refractivity contribution >= 4 is 29.9 Å². The first-order valence-electron chi connectivity index (χ1n) is 7.89. The monoisotopic (exact) mass is 377 g/mol. The van der Waals surface area contributed by atoms with Gasteiger partial charge in [-0.1, -0.05) is 0 Å². The number of carbonyl (C=O) groups excluding carboxylic acids is 2. The van der Waals surface area contributed by atoms with Crippen LogP contribution in [0.4, 0.5) is 18.9 Å². The molecule has 2 fully saturated rings. The molecule has 0 saturated carbocycles. The Hall–Kier alpha value is -1.80. The predicted octanol–water partition coefficient (Wildman–Crippen LogP) is 2.35. The smallest absolute Gasteiger partial charge is 0.348 e. The number of nitrogens with one attached hydrogen (secondary N) is 2. The Balaban J connectivity index is 0.00000225. The molecule has 0 spiro atoms. The molecule has 1 unspecified atom stereocenters. The molecule has 1 aromatic rings. The van der Waals surface area contributed by atoms with Crippen LogP contribution in [0, 0.1) is 0 Å². The van der Waals surface area contributed by atoms with Gasteiger partial charge in [0.05, 0.1) is 5.56 Å². The summed E-state index contributed by atoms with van der Waals surface area (Å²) >= 11 is 0. The second-order valence-electron chi connectivity index (χ2n) is 6.08. The molecule has 2 saturated heterocycles. The molecule has 5 nitrogen and oxygen atoms in total. The van der Waals surface area contributed by atoms with Crippen LogP contribution < -0.4 is 15.5 Å². The highest BCUT2D eigenvalue weighted by Gasteiger charge is 2.33. The lowest BCUT2D eigenvalue weighted by molar-refractivity contribution is -0.137. The molecule has 2 N–H and O–H groups in total. The van der Waals surface area contributed by atoms with Crippen LogP contribution in [0.1, 0.15) is 35.2 Å². The Kier molecular flexibility index (Phi) is 5.95. The number of hydrogen-bond donors (Lipinski definition) is 2. The standard InChI is InChI=1S/C16H18F3N3O2.ClH/c17-16(18,19)11-6-10(15(24)21-12-3-4-20-9-12)7-13(8-11)22-5-1-2-14(22)23;/h6-8,12,20H,1-5,9H2,(H,21,24);1H. The van der Waals surface area contributed by atoms with E-state index in [0.717, 1.165) is 25.1 Å². The third-order valence-corrected chi connectivity index (χ3v) is 4.29. The van der Waals surface area contributed by atoms with Crippen molar-refractivity contribution in [1.82, 2.24) is 10.6 Å². The molecule has 0 bridgehead atoms. The van der Waals surface area contributed by atoms with Crippen LogP contribution in [0.2, 0.25) is 0 Å². The summed E-state index contributed by atoms with van der Waals surface area (Å²) in [5.74, 6) is -0.775. The molecule has 2 aliphatic heterocycles. The van der Waals surface area contributed by atoms with Crippen molar-refractivity contribution in [3.63, 3.8) is 0 Å². The fourth-order valence-electron chi connectivity index (χ4n) is 3.03. The lowest BCUT2D eigenvalue weighted by Gasteiger charge is -2.20. The number of carbonyl (C=O) groups is 2. The Morgan fingerprint density at radius 1 is 1.28 bits per heavy atom. The van der Waals surface area contributed by atoms with Gasteiger partial charge in [0, 0.05) is 36.8 Å². The second-order valence-corrected chi connectivity index (χ2v) is 6.08. The molecule has 1 aromatic carbocycles. The summed E-state index contributed by atoms with van der Waals surface area (Å²) in [6.07, 6.45) is -2.93. The summed E-state index contributed by atoms with van der Waals surface area (Å²) < 4.78 is 39.5. The third kappa shape index (κ3) is 4.43.